The molecular formula is C11H23N3S. The lowest BCUT2D eigenvalue weighted by Gasteiger charge is -2.39. The molecule has 1 heterocycles. The molecule has 1 atom stereocenters. The lowest BCUT2D eigenvalue weighted by molar-refractivity contribution is 0.0929. The van der Waals surface area contributed by atoms with E-state index in [9.17, 15) is 0 Å². The molecule has 0 saturated carbocycles. The van der Waals surface area contributed by atoms with Crippen LogP contribution >= 0.6 is 12.2 Å². The van der Waals surface area contributed by atoms with Crippen molar-refractivity contribution in [1.82, 2.24) is 9.80 Å². The van der Waals surface area contributed by atoms with E-state index in [-0.39, 0.29) is 0 Å². The van der Waals surface area contributed by atoms with Crippen LogP contribution in [0.5, 0.6) is 0 Å². The molecule has 2 N–H and O–H groups in total. The normalized spacial score (nSPS) is 24.3. The van der Waals surface area contributed by atoms with Gasteiger partial charge in [0, 0.05) is 25.7 Å². The Morgan fingerprint density at radius 2 is 2.20 bits per heavy atom. The van der Waals surface area contributed by atoms with Crippen molar-refractivity contribution >= 4 is 17.2 Å². The Balaban J connectivity index is 2.23. The molecule has 0 aromatic rings. The first-order valence-electron chi connectivity index (χ1n) is 5.84. The highest BCUT2D eigenvalue weighted by Crippen LogP contribution is 2.11. The minimum atomic E-state index is 0.649. The van der Waals surface area contributed by atoms with Gasteiger partial charge in [0.15, 0.2) is 0 Å². The van der Waals surface area contributed by atoms with Crippen LogP contribution in [0.25, 0.3) is 0 Å². The molecule has 1 saturated heterocycles. The number of hydrogen-bond donors (Lipinski definition) is 1. The van der Waals surface area contributed by atoms with Gasteiger partial charge in [-0.2, -0.15) is 0 Å². The number of likely N-dealkylation sites (N-methyl/N-ethyl adjacent to an activating group) is 1. The van der Waals surface area contributed by atoms with E-state index < -0.39 is 0 Å². The van der Waals surface area contributed by atoms with Crippen molar-refractivity contribution < 1.29 is 0 Å². The van der Waals surface area contributed by atoms with Crippen molar-refractivity contribution in [2.24, 2.45) is 5.73 Å². The Morgan fingerprint density at radius 3 is 2.80 bits per heavy atom. The third kappa shape index (κ3) is 4.45. The molecule has 0 amide bonds. The predicted molar refractivity (Wildman–Crippen MR) is 69.2 cm³/mol. The molecule has 1 unspecified atom stereocenters. The van der Waals surface area contributed by atoms with Crippen LogP contribution < -0.4 is 5.73 Å². The second kappa shape index (κ2) is 6.40. The summed E-state index contributed by atoms with van der Waals surface area (Å²) in [5.41, 5.74) is 5.49. The highest BCUT2D eigenvalue weighted by Gasteiger charge is 2.21. The molecule has 1 aliphatic rings. The third-order valence-corrected chi connectivity index (χ3v) is 3.43. The molecule has 0 aliphatic carbocycles. The van der Waals surface area contributed by atoms with Crippen LogP contribution in [0, 0.1) is 0 Å². The Kier molecular flexibility index (Phi) is 5.50. The molecule has 88 valence electrons. The maximum absolute atomic E-state index is 5.49. The van der Waals surface area contributed by atoms with E-state index in [1.54, 1.807) is 0 Å². The lowest BCUT2D eigenvalue weighted by atomic mass is 10.1. The van der Waals surface area contributed by atoms with Crippen LogP contribution in [0.3, 0.4) is 0 Å². The van der Waals surface area contributed by atoms with E-state index in [1.807, 2.05) is 0 Å². The second-order valence-electron chi connectivity index (χ2n) is 4.41. The Hall–Kier alpha value is -0.190. The maximum Gasteiger partial charge on any atom is 0.0727 e. The summed E-state index contributed by atoms with van der Waals surface area (Å²) in [6.45, 7) is 6.97. The van der Waals surface area contributed by atoms with Crippen LogP contribution in [0.2, 0.25) is 0 Å². The second-order valence-corrected chi connectivity index (χ2v) is 4.94. The van der Waals surface area contributed by atoms with Crippen molar-refractivity contribution in [2.75, 3.05) is 33.2 Å². The Bertz CT molecular complexity index is 208. The molecule has 1 aliphatic heterocycles. The number of nitrogens with two attached hydrogens (primary N) is 1. The summed E-state index contributed by atoms with van der Waals surface area (Å²) < 4.78 is 0. The van der Waals surface area contributed by atoms with E-state index in [2.05, 4.69) is 23.8 Å². The van der Waals surface area contributed by atoms with Gasteiger partial charge in [0.2, 0.25) is 0 Å². The van der Waals surface area contributed by atoms with Gasteiger partial charge in [-0.15, -0.1) is 0 Å². The summed E-state index contributed by atoms with van der Waals surface area (Å²) >= 11 is 4.88. The lowest BCUT2D eigenvalue weighted by Crippen LogP contribution is -2.51. The van der Waals surface area contributed by atoms with Crippen LogP contribution in [0.4, 0.5) is 0 Å². The number of rotatable bonds is 5. The van der Waals surface area contributed by atoms with E-state index in [4.69, 9.17) is 18.0 Å². The minimum Gasteiger partial charge on any atom is -0.393 e. The first-order valence-corrected chi connectivity index (χ1v) is 6.25. The van der Waals surface area contributed by atoms with Crippen LogP contribution in [-0.2, 0) is 0 Å². The van der Waals surface area contributed by atoms with E-state index in [1.165, 1.54) is 26.1 Å². The SMILES string of the molecule is CCC1CN(CCCC(N)=S)CCN1C. The van der Waals surface area contributed by atoms with E-state index >= 15 is 0 Å². The highest BCUT2D eigenvalue weighted by atomic mass is 32.1. The summed E-state index contributed by atoms with van der Waals surface area (Å²) in [7, 11) is 2.22. The van der Waals surface area contributed by atoms with E-state index in [0.717, 1.165) is 25.4 Å². The molecule has 0 bridgehead atoms. The highest BCUT2D eigenvalue weighted by molar-refractivity contribution is 7.80. The predicted octanol–water partition coefficient (Wildman–Crippen LogP) is 1.08. The number of thiocarbonyl (C=S) groups is 1. The monoisotopic (exact) mass is 229 g/mol. The molecule has 0 radical (unpaired) electrons. The zero-order valence-electron chi connectivity index (χ0n) is 9.91. The van der Waals surface area contributed by atoms with Crippen LogP contribution in [-0.4, -0.2) is 54.1 Å². The fraction of sp³-hybridized carbons (Fsp3) is 0.909. The largest absolute Gasteiger partial charge is 0.393 e. The van der Waals surface area contributed by atoms with Crippen molar-refractivity contribution in [2.45, 2.75) is 32.2 Å². The molecule has 0 aromatic carbocycles. The number of hydrogen-bond acceptors (Lipinski definition) is 3. The zero-order valence-corrected chi connectivity index (χ0v) is 10.7. The zero-order chi connectivity index (χ0) is 11.3. The molecule has 1 rings (SSSR count). The average Bonchev–Trinajstić information content (AvgIpc) is 2.20. The first kappa shape index (κ1) is 12.9. The average molecular weight is 229 g/mol. The van der Waals surface area contributed by atoms with Crippen molar-refractivity contribution in [3.8, 4) is 0 Å². The van der Waals surface area contributed by atoms with Crippen LogP contribution in [0.1, 0.15) is 26.2 Å². The standard InChI is InChI=1S/C11H23N3S/c1-3-10-9-14(8-7-13(10)2)6-4-5-11(12)15/h10H,3-9H2,1-2H3,(H2,12,15). The van der Waals surface area contributed by atoms with Gasteiger partial charge in [-0.05, 0) is 32.9 Å². The summed E-state index contributed by atoms with van der Waals surface area (Å²) in [6.07, 6.45) is 3.23. The maximum atomic E-state index is 5.49. The molecular weight excluding hydrogens is 206 g/mol. The van der Waals surface area contributed by atoms with Gasteiger partial charge in [-0.25, -0.2) is 0 Å². The Morgan fingerprint density at radius 1 is 1.47 bits per heavy atom. The molecule has 4 heteroatoms. The fourth-order valence-corrected chi connectivity index (χ4v) is 2.28. The molecule has 0 aromatic heterocycles. The van der Waals surface area contributed by atoms with Gasteiger partial charge in [0.05, 0.1) is 4.99 Å². The Labute approximate surface area is 98.6 Å². The smallest absolute Gasteiger partial charge is 0.0727 e. The summed E-state index contributed by atoms with van der Waals surface area (Å²) in [6, 6.07) is 0.726. The topological polar surface area (TPSA) is 32.5 Å². The third-order valence-electron chi connectivity index (χ3n) is 3.23. The first-order chi connectivity index (χ1) is 7.13. The quantitative estimate of drug-likeness (QED) is 0.715. The summed E-state index contributed by atoms with van der Waals surface area (Å²) in [5.74, 6) is 0. The fourth-order valence-electron chi connectivity index (χ4n) is 2.13. The van der Waals surface area contributed by atoms with Gasteiger partial charge < -0.3 is 15.5 Å². The molecule has 3 nitrogen and oxygen atoms in total. The van der Waals surface area contributed by atoms with Crippen LogP contribution in [0.15, 0.2) is 0 Å². The summed E-state index contributed by atoms with van der Waals surface area (Å²) in [4.78, 5) is 5.65. The number of nitrogens with zero attached hydrogens (tertiary/aromatic N) is 2. The van der Waals surface area contributed by atoms with Gasteiger partial charge in [-0.1, -0.05) is 19.1 Å². The summed E-state index contributed by atoms with van der Waals surface area (Å²) in [5, 5.41) is 0. The molecule has 15 heavy (non-hydrogen) atoms. The number of piperazine rings is 1. The van der Waals surface area contributed by atoms with Gasteiger partial charge >= 0.3 is 0 Å². The van der Waals surface area contributed by atoms with E-state index in [0.29, 0.717) is 4.99 Å². The van der Waals surface area contributed by atoms with Crippen molar-refractivity contribution in [3.63, 3.8) is 0 Å². The van der Waals surface area contributed by atoms with Crippen molar-refractivity contribution in [1.29, 1.82) is 0 Å². The van der Waals surface area contributed by atoms with Gasteiger partial charge in [-0.3, -0.25) is 0 Å². The van der Waals surface area contributed by atoms with Gasteiger partial charge in [0.1, 0.15) is 0 Å². The molecule has 0 spiro atoms. The van der Waals surface area contributed by atoms with Gasteiger partial charge in [0.25, 0.3) is 0 Å². The van der Waals surface area contributed by atoms with Crippen molar-refractivity contribution in [3.05, 3.63) is 0 Å². The minimum absolute atomic E-state index is 0.649. The molecule has 1 fully saturated rings.